The second-order valence-electron chi connectivity index (χ2n) is 5.27. The van der Waals surface area contributed by atoms with Crippen molar-refractivity contribution < 1.29 is 14.0 Å². The molecule has 0 saturated carbocycles. The highest BCUT2D eigenvalue weighted by Gasteiger charge is 2.35. The van der Waals surface area contributed by atoms with Crippen LogP contribution in [0.2, 0.25) is 0 Å². The fourth-order valence-electron chi connectivity index (χ4n) is 2.31. The summed E-state index contributed by atoms with van der Waals surface area (Å²) in [7, 11) is 1.88. The van der Waals surface area contributed by atoms with Gasteiger partial charge in [0.2, 0.25) is 0 Å². The summed E-state index contributed by atoms with van der Waals surface area (Å²) in [5.74, 6) is 0.282. The molecule has 2 aromatic rings. The summed E-state index contributed by atoms with van der Waals surface area (Å²) >= 11 is 0.940. The predicted molar refractivity (Wildman–Crippen MR) is 89.3 cm³/mol. The van der Waals surface area contributed by atoms with E-state index in [1.54, 1.807) is 18.2 Å². The summed E-state index contributed by atoms with van der Waals surface area (Å²) in [6, 6.07) is 13.4. The molecule has 0 spiro atoms. The Labute approximate surface area is 138 Å². The Hall–Kier alpha value is -2.31. The first-order chi connectivity index (χ1) is 11.1. The zero-order valence-electron chi connectivity index (χ0n) is 12.6. The first-order valence-corrected chi connectivity index (χ1v) is 7.96. The summed E-state index contributed by atoms with van der Waals surface area (Å²) in [5.41, 5.74) is 1.13. The lowest BCUT2D eigenvalue weighted by atomic mass is 10.2. The lowest BCUT2D eigenvalue weighted by molar-refractivity contribution is -0.124. The van der Waals surface area contributed by atoms with E-state index in [-0.39, 0.29) is 17.8 Å². The minimum atomic E-state index is -0.281. The van der Waals surface area contributed by atoms with Gasteiger partial charge in [-0.05, 0) is 36.5 Å². The van der Waals surface area contributed by atoms with Gasteiger partial charge in [-0.15, -0.1) is 0 Å². The topological polar surface area (TPSA) is 53.8 Å². The van der Waals surface area contributed by atoms with Crippen molar-refractivity contribution in [2.45, 2.75) is 6.54 Å². The molecule has 1 saturated heterocycles. The molecule has 1 aliphatic rings. The number of imide groups is 1. The van der Waals surface area contributed by atoms with Crippen molar-refractivity contribution >= 4 is 29.0 Å². The molecule has 5 nitrogen and oxygen atoms in total. The fourth-order valence-corrected chi connectivity index (χ4v) is 3.12. The van der Waals surface area contributed by atoms with Gasteiger partial charge in [-0.1, -0.05) is 30.3 Å². The number of carbonyl (C=O) groups excluding carboxylic acids is 2. The van der Waals surface area contributed by atoms with E-state index in [2.05, 4.69) is 0 Å². The van der Waals surface area contributed by atoms with Crippen molar-refractivity contribution in [3.63, 3.8) is 0 Å². The van der Waals surface area contributed by atoms with Crippen LogP contribution in [0.3, 0.4) is 0 Å². The van der Waals surface area contributed by atoms with Gasteiger partial charge < -0.3 is 4.42 Å². The fraction of sp³-hybridized carbons (Fsp3) is 0.176. The third-order valence-corrected chi connectivity index (χ3v) is 4.28. The van der Waals surface area contributed by atoms with Crippen LogP contribution in [0, 0.1) is 0 Å². The number of benzene rings is 1. The average Bonchev–Trinajstić information content (AvgIpc) is 3.13. The standard InChI is InChI=1S/C17H16N2O3S/c1-18(11-13-6-3-2-4-7-13)12-19-16(20)15(23-17(19)21)10-14-8-5-9-22-14/h2-10H,11-12H2,1H3/b15-10-. The lowest BCUT2D eigenvalue weighted by Crippen LogP contribution is -2.38. The van der Waals surface area contributed by atoms with Gasteiger partial charge >= 0.3 is 0 Å². The summed E-state index contributed by atoms with van der Waals surface area (Å²) in [6.07, 6.45) is 3.13. The van der Waals surface area contributed by atoms with Crippen molar-refractivity contribution in [2.75, 3.05) is 13.7 Å². The maximum absolute atomic E-state index is 12.4. The molecule has 0 N–H and O–H groups in total. The van der Waals surface area contributed by atoms with E-state index in [0.29, 0.717) is 17.2 Å². The number of carbonyl (C=O) groups is 2. The van der Waals surface area contributed by atoms with Crippen LogP contribution in [0.15, 0.2) is 58.1 Å². The summed E-state index contributed by atoms with van der Waals surface area (Å²) in [6.45, 7) is 0.925. The van der Waals surface area contributed by atoms with Crippen molar-refractivity contribution in [2.24, 2.45) is 0 Å². The Kier molecular flexibility index (Phi) is 4.64. The molecule has 6 heteroatoms. The molecule has 2 heterocycles. The molecule has 2 amide bonds. The monoisotopic (exact) mass is 328 g/mol. The Balaban J connectivity index is 1.66. The highest BCUT2D eigenvalue weighted by molar-refractivity contribution is 8.18. The highest BCUT2D eigenvalue weighted by atomic mass is 32.2. The van der Waals surface area contributed by atoms with Crippen LogP contribution in [0.25, 0.3) is 6.08 Å². The molecule has 0 radical (unpaired) electrons. The predicted octanol–water partition coefficient (Wildman–Crippen LogP) is 3.41. The lowest BCUT2D eigenvalue weighted by Gasteiger charge is -2.22. The zero-order valence-corrected chi connectivity index (χ0v) is 13.5. The van der Waals surface area contributed by atoms with Crippen LogP contribution in [-0.4, -0.2) is 34.7 Å². The van der Waals surface area contributed by atoms with Crippen LogP contribution >= 0.6 is 11.8 Å². The van der Waals surface area contributed by atoms with Gasteiger partial charge in [0, 0.05) is 12.6 Å². The number of nitrogens with zero attached hydrogens (tertiary/aromatic N) is 2. The number of thioether (sulfide) groups is 1. The van der Waals surface area contributed by atoms with Gasteiger partial charge in [-0.2, -0.15) is 0 Å². The quantitative estimate of drug-likeness (QED) is 0.787. The molecule has 1 aromatic carbocycles. The van der Waals surface area contributed by atoms with E-state index < -0.39 is 0 Å². The van der Waals surface area contributed by atoms with Crippen molar-refractivity contribution in [1.82, 2.24) is 9.80 Å². The van der Waals surface area contributed by atoms with E-state index >= 15 is 0 Å². The largest absolute Gasteiger partial charge is 0.465 e. The van der Waals surface area contributed by atoms with Gasteiger partial charge in [0.15, 0.2) is 0 Å². The van der Waals surface area contributed by atoms with Crippen LogP contribution in [0.4, 0.5) is 4.79 Å². The third kappa shape index (κ3) is 3.72. The molecule has 0 aliphatic carbocycles. The van der Waals surface area contributed by atoms with Crippen molar-refractivity contribution in [3.8, 4) is 0 Å². The number of amides is 2. The van der Waals surface area contributed by atoms with Crippen LogP contribution < -0.4 is 0 Å². The second-order valence-corrected chi connectivity index (χ2v) is 6.26. The van der Waals surface area contributed by atoms with E-state index in [0.717, 1.165) is 17.3 Å². The van der Waals surface area contributed by atoms with Crippen LogP contribution in [-0.2, 0) is 11.3 Å². The Morgan fingerprint density at radius 3 is 2.65 bits per heavy atom. The maximum atomic E-state index is 12.4. The van der Waals surface area contributed by atoms with Crippen LogP contribution in [0.5, 0.6) is 0 Å². The van der Waals surface area contributed by atoms with Gasteiger partial charge in [0.1, 0.15) is 5.76 Å². The van der Waals surface area contributed by atoms with E-state index in [4.69, 9.17) is 4.42 Å². The van der Waals surface area contributed by atoms with E-state index in [1.807, 2.05) is 42.3 Å². The molecule has 23 heavy (non-hydrogen) atoms. The van der Waals surface area contributed by atoms with Crippen LogP contribution in [0.1, 0.15) is 11.3 Å². The summed E-state index contributed by atoms with van der Waals surface area (Å²) in [5, 5.41) is -0.257. The van der Waals surface area contributed by atoms with Gasteiger partial charge in [0.05, 0.1) is 17.8 Å². The molecular weight excluding hydrogens is 312 g/mol. The normalized spacial score (nSPS) is 16.8. The minimum absolute atomic E-state index is 0.257. The minimum Gasteiger partial charge on any atom is -0.465 e. The molecule has 3 rings (SSSR count). The number of furan rings is 1. The highest BCUT2D eigenvalue weighted by Crippen LogP contribution is 2.32. The average molecular weight is 328 g/mol. The van der Waals surface area contributed by atoms with Gasteiger partial charge in [0.25, 0.3) is 11.1 Å². The molecular formula is C17H16N2O3S. The second kappa shape index (κ2) is 6.85. The Morgan fingerprint density at radius 1 is 1.17 bits per heavy atom. The SMILES string of the molecule is CN(Cc1ccccc1)CN1C(=O)S/C(=C\c2ccco2)C1=O. The first-order valence-electron chi connectivity index (χ1n) is 7.15. The van der Waals surface area contributed by atoms with Crippen molar-refractivity contribution in [1.29, 1.82) is 0 Å². The zero-order chi connectivity index (χ0) is 16.2. The number of hydrogen-bond acceptors (Lipinski definition) is 5. The molecule has 1 fully saturated rings. The summed E-state index contributed by atoms with van der Waals surface area (Å²) in [4.78, 5) is 28.0. The third-order valence-electron chi connectivity index (χ3n) is 3.37. The van der Waals surface area contributed by atoms with E-state index in [9.17, 15) is 9.59 Å². The smallest absolute Gasteiger partial charge is 0.294 e. The molecule has 0 atom stereocenters. The Morgan fingerprint density at radius 2 is 1.96 bits per heavy atom. The first kappa shape index (κ1) is 15.6. The number of rotatable bonds is 5. The molecule has 118 valence electrons. The van der Waals surface area contributed by atoms with Crippen molar-refractivity contribution in [3.05, 3.63) is 65.0 Å². The molecule has 1 aliphatic heterocycles. The number of hydrogen-bond donors (Lipinski definition) is 0. The van der Waals surface area contributed by atoms with Gasteiger partial charge in [-0.25, -0.2) is 0 Å². The van der Waals surface area contributed by atoms with E-state index in [1.165, 1.54) is 11.2 Å². The molecule has 0 bridgehead atoms. The maximum Gasteiger partial charge on any atom is 0.294 e. The summed E-state index contributed by atoms with van der Waals surface area (Å²) < 4.78 is 5.19. The Bertz CT molecular complexity index is 726. The van der Waals surface area contributed by atoms with Gasteiger partial charge in [-0.3, -0.25) is 19.4 Å². The molecule has 1 aromatic heterocycles. The molecule has 0 unspecified atom stereocenters.